The van der Waals surface area contributed by atoms with Crippen LogP contribution < -0.4 is 0 Å². The van der Waals surface area contributed by atoms with Crippen LogP contribution in [0.25, 0.3) is 0 Å². The molecule has 0 fully saturated rings. The number of aromatic nitrogens is 3. The third kappa shape index (κ3) is 3.32. The molecule has 0 N–H and O–H groups in total. The van der Waals surface area contributed by atoms with E-state index < -0.39 is 0 Å². The monoisotopic (exact) mass is 405 g/mol. The Morgan fingerprint density at radius 2 is 2.04 bits per heavy atom. The van der Waals surface area contributed by atoms with Gasteiger partial charge in [0.1, 0.15) is 0 Å². The molecule has 0 spiro atoms. The minimum absolute atomic E-state index is 0.181. The summed E-state index contributed by atoms with van der Waals surface area (Å²) < 4.78 is 7.74. The Morgan fingerprint density at radius 1 is 1.29 bits per heavy atom. The lowest BCUT2D eigenvalue weighted by Crippen LogP contribution is -2.14. The van der Waals surface area contributed by atoms with Gasteiger partial charge < -0.3 is 4.42 Å². The van der Waals surface area contributed by atoms with E-state index in [1.807, 2.05) is 26.0 Å². The molecular formula is C17H16BrN3O2S. The maximum absolute atomic E-state index is 12.5. The van der Waals surface area contributed by atoms with Gasteiger partial charge in [0, 0.05) is 5.75 Å². The largest absolute Gasteiger partial charge is 0.426 e. The standard InChI is InChI=1S/C17H16BrN3O2S/c1-10-6-4-5-7-13(10)9-24-17-19-8-14(23-17)16(22)21-12(3)15(18)11(2)20-21/h4-8H,9H2,1-3H3. The zero-order valence-corrected chi connectivity index (χ0v) is 15.9. The molecule has 7 heteroatoms. The molecule has 2 aromatic heterocycles. The number of oxazole rings is 1. The smallest absolute Gasteiger partial charge is 0.315 e. The fourth-order valence-electron chi connectivity index (χ4n) is 2.26. The van der Waals surface area contributed by atoms with Crippen molar-refractivity contribution < 1.29 is 9.21 Å². The minimum Gasteiger partial charge on any atom is -0.426 e. The first kappa shape index (κ1) is 17.0. The predicted octanol–water partition coefficient (Wildman–Crippen LogP) is 4.54. The Kier molecular flexibility index (Phi) is 4.91. The van der Waals surface area contributed by atoms with Crippen molar-refractivity contribution in [2.24, 2.45) is 0 Å². The fraction of sp³-hybridized carbons (Fsp3) is 0.235. The van der Waals surface area contributed by atoms with Gasteiger partial charge in [-0.3, -0.25) is 4.79 Å². The average molecular weight is 406 g/mol. The first-order valence-corrected chi connectivity index (χ1v) is 9.14. The molecule has 0 bridgehead atoms. The summed E-state index contributed by atoms with van der Waals surface area (Å²) >= 11 is 4.88. The number of hydrogen-bond donors (Lipinski definition) is 0. The van der Waals surface area contributed by atoms with Gasteiger partial charge in [-0.2, -0.15) is 9.78 Å². The zero-order valence-electron chi connectivity index (χ0n) is 13.5. The molecular weight excluding hydrogens is 390 g/mol. The van der Waals surface area contributed by atoms with Crippen LogP contribution in [0.4, 0.5) is 0 Å². The van der Waals surface area contributed by atoms with E-state index in [2.05, 4.69) is 45.1 Å². The predicted molar refractivity (Wildman–Crippen MR) is 96.4 cm³/mol. The van der Waals surface area contributed by atoms with Crippen LogP contribution >= 0.6 is 27.7 Å². The highest BCUT2D eigenvalue weighted by Gasteiger charge is 2.20. The molecule has 3 rings (SSSR count). The lowest BCUT2D eigenvalue weighted by atomic mass is 10.1. The molecule has 0 aliphatic carbocycles. The van der Waals surface area contributed by atoms with Gasteiger partial charge in [0.05, 0.1) is 22.1 Å². The molecule has 5 nitrogen and oxygen atoms in total. The number of thioether (sulfide) groups is 1. The molecule has 0 amide bonds. The summed E-state index contributed by atoms with van der Waals surface area (Å²) in [6.07, 6.45) is 1.45. The van der Waals surface area contributed by atoms with Crippen LogP contribution in [-0.4, -0.2) is 20.7 Å². The summed E-state index contributed by atoms with van der Waals surface area (Å²) in [5.74, 6) is 0.601. The number of benzene rings is 1. The molecule has 124 valence electrons. The first-order valence-electron chi connectivity index (χ1n) is 7.37. The Bertz CT molecular complexity index is 901. The second-order valence-corrected chi connectivity index (χ2v) is 7.13. The maximum Gasteiger partial charge on any atom is 0.315 e. The van der Waals surface area contributed by atoms with E-state index in [-0.39, 0.29) is 11.7 Å². The second-order valence-electron chi connectivity index (χ2n) is 5.41. The lowest BCUT2D eigenvalue weighted by Gasteiger charge is -2.02. The van der Waals surface area contributed by atoms with Crippen LogP contribution in [0.1, 0.15) is 33.1 Å². The van der Waals surface area contributed by atoms with E-state index in [1.165, 1.54) is 33.8 Å². The van der Waals surface area contributed by atoms with Gasteiger partial charge in [-0.15, -0.1) is 0 Å². The van der Waals surface area contributed by atoms with E-state index in [0.717, 1.165) is 21.6 Å². The molecule has 0 radical (unpaired) electrons. The fourth-order valence-corrected chi connectivity index (χ4v) is 3.39. The highest BCUT2D eigenvalue weighted by molar-refractivity contribution is 9.10. The van der Waals surface area contributed by atoms with Gasteiger partial charge in [0.2, 0.25) is 5.76 Å². The summed E-state index contributed by atoms with van der Waals surface area (Å²) in [5, 5.41) is 4.70. The van der Waals surface area contributed by atoms with Crippen molar-refractivity contribution in [3.8, 4) is 0 Å². The number of hydrogen-bond acceptors (Lipinski definition) is 5. The molecule has 0 aliphatic rings. The van der Waals surface area contributed by atoms with Crippen molar-refractivity contribution in [3.63, 3.8) is 0 Å². The van der Waals surface area contributed by atoms with Gasteiger partial charge in [0.15, 0.2) is 0 Å². The Labute approximate surface area is 152 Å². The van der Waals surface area contributed by atoms with Crippen LogP contribution in [0.5, 0.6) is 0 Å². The Balaban J connectivity index is 1.74. The molecule has 3 aromatic rings. The summed E-state index contributed by atoms with van der Waals surface area (Å²) in [7, 11) is 0. The van der Waals surface area contributed by atoms with Gasteiger partial charge >= 0.3 is 5.91 Å². The van der Waals surface area contributed by atoms with E-state index in [9.17, 15) is 4.79 Å². The summed E-state index contributed by atoms with van der Waals surface area (Å²) in [6.45, 7) is 5.73. The van der Waals surface area contributed by atoms with Crippen molar-refractivity contribution in [2.45, 2.75) is 31.7 Å². The summed E-state index contributed by atoms with van der Waals surface area (Å²) in [5.41, 5.74) is 3.94. The first-order chi connectivity index (χ1) is 11.5. The van der Waals surface area contributed by atoms with Gasteiger partial charge in [-0.25, -0.2) is 4.98 Å². The number of aryl methyl sites for hydroxylation is 2. The molecule has 0 saturated carbocycles. The normalized spacial score (nSPS) is 11.0. The molecule has 0 aliphatic heterocycles. The second kappa shape index (κ2) is 6.94. The van der Waals surface area contributed by atoms with Crippen LogP contribution in [0, 0.1) is 20.8 Å². The quantitative estimate of drug-likeness (QED) is 0.596. The van der Waals surface area contributed by atoms with Crippen LogP contribution in [0.15, 0.2) is 44.6 Å². The van der Waals surface area contributed by atoms with Gasteiger partial charge in [0.25, 0.3) is 5.22 Å². The van der Waals surface area contributed by atoms with Crippen LogP contribution in [-0.2, 0) is 5.75 Å². The van der Waals surface area contributed by atoms with E-state index in [0.29, 0.717) is 5.22 Å². The van der Waals surface area contributed by atoms with E-state index >= 15 is 0 Å². The highest BCUT2D eigenvalue weighted by atomic mass is 79.9. The van der Waals surface area contributed by atoms with Crippen molar-refractivity contribution in [1.82, 2.24) is 14.8 Å². The van der Waals surface area contributed by atoms with Gasteiger partial charge in [-0.1, -0.05) is 36.0 Å². The molecule has 0 unspecified atom stereocenters. The van der Waals surface area contributed by atoms with Crippen LogP contribution in [0.2, 0.25) is 0 Å². The number of rotatable bonds is 4. The number of halogens is 1. The average Bonchev–Trinajstić information content (AvgIpc) is 3.14. The Morgan fingerprint density at radius 3 is 2.71 bits per heavy atom. The number of carbonyl (C=O) groups is 1. The number of nitrogens with zero attached hydrogens (tertiary/aromatic N) is 3. The summed E-state index contributed by atoms with van der Waals surface area (Å²) in [4.78, 5) is 16.7. The third-order valence-electron chi connectivity index (χ3n) is 3.70. The lowest BCUT2D eigenvalue weighted by molar-refractivity contribution is 0.0909. The highest BCUT2D eigenvalue weighted by Crippen LogP contribution is 2.25. The Hall–Kier alpha value is -1.86. The third-order valence-corrected chi connectivity index (χ3v) is 5.74. The molecule has 1 aromatic carbocycles. The van der Waals surface area contributed by atoms with Crippen molar-refractivity contribution in [2.75, 3.05) is 0 Å². The molecule has 0 saturated heterocycles. The van der Waals surface area contributed by atoms with E-state index in [4.69, 9.17) is 4.42 Å². The van der Waals surface area contributed by atoms with Crippen molar-refractivity contribution >= 4 is 33.6 Å². The SMILES string of the molecule is Cc1ccccc1CSc1ncc(C(=O)n2nc(C)c(Br)c2C)o1. The van der Waals surface area contributed by atoms with Crippen LogP contribution in [0.3, 0.4) is 0 Å². The maximum atomic E-state index is 12.5. The zero-order chi connectivity index (χ0) is 17.3. The summed E-state index contributed by atoms with van der Waals surface area (Å²) in [6, 6.07) is 8.16. The molecule has 0 atom stereocenters. The van der Waals surface area contributed by atoms with E-state index in [1.54, 1.807) is 0 Å². The van der Waals surface area contributed by atoms with Gasteiger partial charge in [-0.05, 0) is 47.8 Å². The molecule has 24 heavy (non-hydrogen) atoms. The van der Waals surface area contributed by atoms with Crippen molar-refractivity contribution in [3.05, 3.63) is 63.2 Å². The molecule has 2 heterocycles. The topological polar surface area (TPSA) is 60.9 Å². The minimum atomic E-state index is -0.323. The van der Waals surface area contributed by atoms with Crippen molar-refractivity contribution in [1.29, 1.82) is 0 Å². The number of carbonyl (C=O) groups excluding carboxylic acids is 1.